The molecular weight excluding hydrogens is 312 g/mol. The number of hydrogen-bond donors (Lipinski definition) is 0. The van der Waals surface area contributed by atoms with E-state index < -0.39 is 0 Å². The number of thiazole rings is 1. The SMILES string of the molecule is Cc1nc(-c2ncccn2)sc1C(=O)N1CCO[C@@H]2CCC[C@@H]21. The highest BCUT2D eigenvalue weighted by Crippen LogP contribution is 2.33. The van der Waals surface area contributed by atoms with Crippen LogP contribution in [0.25, 0.3) is 10.8 Å². The van der Waals surface area contributed by atoms with Crippen LogP contribution in [0.5, 0.6) is 0 Å². The third-order valence-corrected chi connectivity index (χ3v) is 5.63. The van der Waals surface area contributed by atoms with Gasteiger partial charge in [0.15, 0.2) is 10.8 Å². The Hall–Kier alpha value is -1.86. The molecule has 1 amide bonds. The van der Waals surface area contributed by atoms with Crippen LogP contribution < -0.4 is 0 Å². The molecule has 1 aliphatic carbocycles. The molecule has 4 rings (SSSR count). The monoisotopic (exact) mass is 330 g/mol. The molecule has 6 nitrogen and oxygen atoms in total. The second-order valence-electron chi connectivity index (χ2n) is 5.91. The molecule has 2 atom stereocenters. The van der Waals surface area contributed by atoms with Gasteiger partial charge in [-0.25, -0.2) is 15.0 Å². The highest BCUT2D eigenvalue weighted by atomic mass is 32.1. The van der Waals surface area contributed by atoms with Crippen molar-refractivity contribution >= 4 is 17.2 Å². The largest absolute Gasteiger partial charge is 0.374 e. The van der Waals surface area contributed by atoms with E-state index >= 15 is 0 Å². The molecule has 7 heteroatoms. The lowest BCUT2D eigenvalue weighted by atomic mass is 10.1. The Balaban J connectivity index is 1.62. The lowest BCUT2D eigenvalue weighted by Gasteiger charge is -2.37. The van der Waals surface area contributed by atoms with Gasteiger partial charge in [-0.05, 0) is 32.3 Å². The first-order chi connectivity index (χ1) is 11.2. The van der Waals surface area contributed by atoms with E-state index in [1.165, 1.54) is 11.3 Å². The van der Waals surface area contributed by atoms with Crippen molar-refractivity contribution in [3.8, 4) is 10.8 Å². The first-order valence-electron chi connectivity index (χ1n) is 7.91. The summed E-state index contributed by atoms with van der Waals surface area (Å²) in [5.41, 5.74) is 0.753. The lowest BCUT2D eigenvalue weighted by Crippen LogP contribution is -2.51. The van der Waals surface area contributed by atoms with Crippen LogP contribution >= 0.6 is 11.3 Å². The van der Waals surface area contributed by atoms with Crippen molar-refractivity contribution in [2.24, 2.45) is 0 Å². The fourth-order valence-electron chi connectivity index (χ4n) is 3.41. The molecule has 1 aliphatic heterocycles. The molecule has 2 aliphatic rings. The molecule has 2 aromatic rings. The molecule has 1 saturated carbocycles. The van der Waals surface area contributed by atoms with E-state index in [4.69, 9.17) is 4.74 Å². The number of carbonyl (C=O) groups excluding carboxylic acids is 1. The van der Waals surface area contributed by atoms with Gasteiger partial charge in [-0.1, -0.05) is 0 Å². The average Bonchev–Trinajstić information content (AvgIpc) is 3.21. The van der Waals surface area contributed by atoms with Crippen LogP contribution in [0.15, 0.2) is 18.5 Å². The molecule has 1 saturated heterocycles. The zero-order valence-electron chi connectivity index (χ0n) is 12.9. The predicted molar refractivity (Wildman–Crippen MR) is 86.3 cm³/mol. The quantitative estimate of drug-likeness (QED) is 0.845. The number of aromatic nitrogens is 3. The third-order valence-electron chi connectivity index (χ3n) is 4.49. The van der Waals surface area contributed by atoms with Crippen LogP contribution in [0.4, 0.5) is 0 Å². The first-order valence-corrected chi connectivity index (χ1v) is 8.73. The van der Waals surface area contributed by atoms with Gasteiger partial charge in [-0.3, -0.25) is 4.79 Å². The molecular formula is C16H18N4O2S. The van der Waals surface area contributed by atoms with Gasteiger partial charge in [0.05, 0.1) is 24.4 Å². The van der Waals surface area contributed by atoms with Gasteiger partial charge in [-0.15, -0.1) is 11.3 Å². The second-order valence-corrected chi connectivity index (χ2v) is 6.91. The Labute approximate surface area is 138 Å². The smallest absolute Gasteiger partial charge is 0.266 e. The summed E-state index contributed by atoms with van der Waals surface area (Å²) in [5.74, 6) is 0.641. The van der Waals surface area contributed by atoms with E-state index in [1.807, 2.05) is 11.8 Å². The Morgan fingerprint density at radius 1 is 1.35 bits per heavy atom. The van der Waals surface area contributed by atoms with E-state index in [2.05, 4.69) is 15.0 Å². The van der Waals surface area contributed by atoms with Crippen LogP contribution in [0.3, 0.4) is 0 Å². The number of amides is 1. The van der Waals surface area contributed by atoms with Gasteiger partial charge in [0.25, 0.3) is 5.91 Å². The van der Waals surface area contributed by atoms with Crippen molar-refractivity contribution in [3.05, 3.63) is 29.0 Å². The molecule has 0 aromatic carbocycles. The minimum atomic E-state index is 0.0716. The van der Waals surface area contributed by atoms with E-state index in [0.717, 1.165) is 25.0 Å². The fourth-order valence-corrected chi connectivity index (χ4v) is 4.38. The predicted octanol–water partition coefficient (Wildman–Crippen LogP) is 2.30. The van der Waals surface area contributed by atoms with Gasteiger partial charge in [-0.2, -0.15) is 0 Å². The van der Waals surface area contributed by atoms with Crippen LogP contribution in [0, 0.1) is 6.92 Å². The van der Waals surface area contributed by atoms with Gasteiger partial charge in [0.2, 0.25) is 0 Å². The second kappa shape index (κ2) is 5.98. The number of fused-ring (bicyclic) bond motifs is 1. The van der Waals surface area contributed by atoms with E-state index in [9.17, 15) is 4.79 Å². The van der Waals surface area contributed by atoms with E-state index in [-0.39, 0.29) is 18.1 Å². The Bertz CT molecular complexity index is 718. The van der Waals surface area contributed by atoms with Gasteiger partial charge in [0, 0.05) is 18.9 Å². The van der Waals surface area contributed by atoms with Gasteiger partial charge in [0.1, 0.15) is 4.88 Å². The maximum absolute atomic E-state index is 13.0. The molecule has 0 unspecified atom stereocenters. The summed E-state index contributed by atoms with van der Waals surface area (Å²) in [6.07, 6.45) is 6.79. The highest BCUT2D eigenvalue weighted by molar-refractivity contribution is 7.17. The van der Waals surface area contributed by atoms with Crippen molar-refractivity contribution in [2.75, 3.05) is 13.2 Å². The Kier molecular flexibility index (Phi) is 3.82. The Morgan fingerprint density at radius 2 is 2.17 bits per heavy atom. The van der Waals surface area contributed by atoms with Crippen LogP contribution in [-0.2, 0) is 4.74 Å². The standard InChI is InChI=1S/C16H18N4O2S/c1-10-13(23-15(19-10)14-17-6-3-7-18-14)16(21)20-8-9-22-12-5-2-4-11(12)20/h3,6-7,11-12H,2,4-5,8-9H2,1H3/t11-,12+/m0/s1. The molecule has 0 spiro atoms. The molecule has 0 bridgehead atoms. The molecule has 2 fully saturated rings. The minimum absolute atomic E-state index is 0.0716. The zero-order chi connectivity index (χ0) is 15.8. The summed E-state index contributed by atoms with van der Waals surface area (Å²) in [6.45, 7) is 3.16. The van der Waals surface area contributed by atoms with Crippen molar-refractivity contribution in [1.29, 1.82) is 0 Å². The van der Waals surface area contributed by atoms with E-state index in [1.54, 1.807) is 18.5 Å². The molecule has 120 valence electrons. The average molecular weight is 330 g/mol. The topological polar surface area (TPSA) is 68.2 Å². The van der Waals surface area contributed by atoms with Gasteiger partial charge < -0.3 is 9.64 Å². The summed E-state index contributed by atoms with van der Waals surface area (Å²) in [5, 5.41) is 0.697. The number of morpholine rings is 1. The first kappa shape index (κ1) is 14.7. The maximum Gasteiger partial charge on any atom is 0.266 e. The zero-order valence-corrected chi connectivity index (χ0v) is 13.8. The molecule has 0 N–H and O–H groups in total. The normalized spacial score (nSPS) is 23.8. The van der Waals surface area contributed by atoms with Crippen molar-refractivity contribution < 1.29 is 9.53 Å². The number of nitrogens with zero attached hydrogens (tertiary/aromatic N) is 4. The summed E-state index contributed by atoms with van der Waals surface area (Å²) in [7, 11) is 0. The van der Waals surface area contributed by atoms with Crippen LogP contribution in [0.2, 0.25) is 0 Å². The van der Waals surface area contributed by atoms with Crippen molar-refractivity contribution in [2.45, 2.75) is 38.3 Å². The summed E-state index contributed by atoms with van der Waals surface area (Å²) in [6, 6.07) is 1.98. The van der Waals surface area contributed by atoms with Crippen molar-refractivity contribution in [3.63, 3.8) is 0 Å². The molecule has 3 heterocycles. The molecule has 0 radical (unpaired) electrons. The van der Waals surface area contributed by atoms with Crippen LogP contribution in [0.1, 0.15) is 34.6 Å². The number of rotatable bonds is 2. The number of hydrogen-bond acceptors (Lipinski definition) is 6. The number of aryl methyl sites for hydroxylation is 1. The van der Waals surface area contributed by atoms with Crippen LogP contribution in [-0.4, -0.2) is 51.1 Å². The third kappa shape index (κ3) is 2.64. The number of carbonyl (C=O) groups is 1. The Morgan fingerprint density at radius 3 is 3.00 bits per heavy atom. The van der Waals surface area contributed by atoms with E-state index in [0.29, 0.717) is 28.9 Å². The highest BCUT2D eigenvalue weighted by Gasteiger charge is 2.39. The number of ether oxygens (including phenoxy) is 1. The molecule has 2 aromatic heterocycles. The summed E-state index contributed by atoms with van der Waals surface area (Å²) in [4.78, 5) is 28.6. The summed E-state index contributed by atoms with van der Waals surface area (Å²) < 4.78 is 5.80. The van der Waals surface area contributed by atoms with Gasteiger partial charge >= 0.3 is 0 Å². The summed E-state index contributed by atoms with van der Waals surface area (Å²) >= 11 is 1.38. The van der Waals surface area contributed by atoms with Crippen molar-refractivity contribution in [1.82, 2.24) is 19.9 Å². The molecule has 23 heavy (non-hydrogen) atoms. The lowest BCUT2D eigenvalue weighted by molar-refractivity contribution is -0.0444. The minimum Gasteiger partial charge on any atom is -0.374 e. The fraction of sp³-hybridized carbons (Fsp3) is 0.500. The maximum atomic E-state index is 13.0.